The number of nitrogens with zero attached hydrogens (tertiary/aromatic N) is 3. The van der Waals surface area contributed by atoms with E-state index in [9.17, 15) is 8.78 Å². The molecule has 0 spiro atoms. The van der Waals surface area contributed by atoms with E-state index < -0.39 is 11.6 Å². The Hall–Kier alpha value is -2.11. The fraction of sp³-hybridized carbons (Fsp3) is 0. The van der Waals surface area contributed by atoms with Crippen molar-refractivity contribution in [3.63, 3.8) is 0 Å². The van der Waals surface area contributed by atoms with Gasteiger partial charge >= 0.3 is 0 Å². The van der Waals surface area contributed by atoms with E-state index in [0.717, 1.165) is 6.07 Å². The van der Waals surface area contributed by atoms with Crippen LogP contribution in [0.5, 0.6) is 0 Å². The fourth-order valence-corrected chi connectivity index (χ4v) is 1.05. The summed E-state index contributed by atoms with van der Waals surface area (Å²) < 4.78 is 26.0. The fourth-order valence-electron chi connectivity index (χ4n) is 1.05. The number of hydrogen-bond donors (Lipinski definition) is 1. The minimum absolute atomic E-state index is 0.00972. The number of halogens is 2. The second-order valence-electron chi connectivity index (χ2n) is 2.73. The molecule has 0 aliphatic carbocycles. The van der Waals surface area contributed by atoms with Crippen molar-refractivity contribution in [2.75, 3.05) is 5.32 Å². The molecule has 0 bridgehead atoms. The van der Waals surface area contributed by atoms with Crippen LogP contribution in [0.15, 0.2) is 30.5 Å². The standard InChI is InChI=1S/C9H6F2N4/c10-6-2-1-3-7(9(6)11)13-8-4-5-12-15-14-8/h1-5H,(H,12,13,14). The van der Waals surface area contributed by atoms with Crippen LogP contribution >= 0.6 is 0 Å². The molecule has 4 nitrogen and oxygen atoms in total. The Morgan fingerprint density at radius 2 is 2.00 bits per heavy atom. The van der Waals surface area contributed by atoms with Gasteiger partial charge in [-0.15, -0.1) is 10.2 Å². The minimum atomic E-state index is -0.948. The van der Waals surface area contributed by atoms with Crippen LogP contribution in [0, 0.1) is 11.6 Å². The Morgan fingerprint density at radius 3 is 2.73 bits per heavy atom. The van der Waals surface area contributed by atoms with Gasteiger partial charge in [0.2, 0.25) is 0 Å². The van der Waals surface area contributed by atoms with Crippen molar-refractivity contribution in [3.8, 4) is 0 Å². The molecule has 6 heteroatoms. The van der Waals surface area contributed by atoms with Crippen LogP contribution in [0.1, 0.15) is 0 Å². The number of anilines is 2. The van der Waals surface area contributed by atoms with E-state index in [4.69, 9.17) is 0 Å². The van der Waals surface area contributed by atoms with E-state index in [-0.39, 0.29) is 5.69 Å². The summed E-state index contributed by atoms with van der Waals surface area (Å²) >= 11 is 0. The Kier molecular flexibility index (Phi) is 2.49. The zero-order chi connectivity index (χ0) is 10.7. The van der Waals surface area contributed by atoms with Crippen molar-refractivity contribution >= 4 is 11.5 Å². The number of rotatable bonds is 2. The number of nitrogens with one attached hydrogen (secondary N) is 1. The first-order valence-corrected chi connectivity index (χ1v) is 4.13. The molecule has 1 N–H and O–H groups in total. The van der Waals surface area contributed by atoms with Gasteiger partial charge in [-0.05, 0) is 17.3 Å². The second-order valence-corrected chi connectivity index (χ2v) is 2.73. The van der Waals surface area contributed by atoms with Crippen LogP contribution in [0.2, 0.25) is 0 Å². The topological polar surface area (TPSA) is 50.7 Å². The first-order chi connectivity index (χ1) is 7.27. The molecule has 0 saturated carbocycles. The number of hydrogen-bond acceptors (Lipinski definition) is 4. The third-order valence-corrected chi connectivity index (χ3v) is 1.72. The summed E-state index contributed by atoms with van der Waals surface area (Å²) in [6.45, 7) is 0. The molecule has 0 saturated heterocycles. The maximum atomic E-state index is 13.2. The summed E-state index contributed by atoms with van der Waals surface area (Å²) in [7, 11) is 0. The SMILES string of the molecule is Fc1cccc(Nc2ccnnn2)c1F. The van der Waals surface area contributed by atoms with Crippen molar-refractivity contribution in [1.82, 2.24) is 15.4 Å². The normalized spacial score (nSPS) is 10.0. The van der Waals surface area contributed by atoms with Crippen LogP contribution in [-0.4, -0.2) is 15.4 Å². The van der Waals surface area contributed by atoms with Gasteiger partial charge in [-0.3, -0.25) is 0 Å². The smallest absolute Gasteiger partial charge is 0.182 e. The molecular weight excluding hydrogens is 202 g/mol. The van der Waals surface area contributed by atoms with Crippen molar-refractivity contribution in [3.05, 3.63) is 42.1 Å². The highest BCUT2D eigenvalue weighted by atomic mass is 19.2. The third kappa shape index (κ3) is 2.04. The van der Waals surface area contributed by atoms with E-state index in [0.29, 0.717) is 5.82 Å². The van der Waals surface area contributed by atoms with Gasteiger partial charge in [-0.25, -0.2) is 8.78 Å². The maximum absolute atomic E-state index is 13.2. The molecule has 76 valence electrons. The molecule has 0 amide bonds. The van der Waals surface area contributed by atoms with Crippen molar-refractivity contribution in [1.29, 1.82) is 0 Å². The highest BCUT2D eigenvalue weighted by Gasteiger charge is 2.07. The number of aromatic nitrogens is 3. The Labute approximate surface area is 84.0 Å². The summed E-state index contributed by atoms with van der Waals surface area (Å²) in [5.74, 6) is -1.56. The first kappa shape index (κ1) is 9.45. The summed E-state index contributed by atoms with van der Waals surface area (Å²) in [4.78, 5) is 0. The van der Waals surface area contributed by atoms with Crippen LogP contribution in [-0.2, 0) is 0 Å². The van der Waals surface area contributed by atoms with Gasteiger partial charge in [0.1, 0.15) is 0 Å². The van der Waals surface area contributed by atoms with Gasteiger partial charge in [-0.1, -0.05) is 6.07 Å². The third-order valence-electron chi connectivity index (χ3n) is 1.72. The van der Waals surface area contributed by atoms with Gasteiger partial charge in [0.25, 0.3) is 0 Å². The van der Waals surface area contributed by atoms with Gasteiger partial charge in [-0.2, -0.15) is 0 Å². The van der Waals surface area contributed by atoms with E-state index in [1.807, 2.05) is 0 Å². The van der Waals surface area contributed by atoms with Gasteiger partial charge < -0.3 is 5.32 Å². The highest BCUT2D eigenvalue weighted by molar-refractivity contribution is 5.55. The van der Waals surface area contributed by atoms with Crippen molar-refractivity contribution < 1.29 is 8.78 Å². The van der Waals surface area contributed by atoms with Crippen LogP contribution in [0.4, 0.5) is 20.3 Å². The lowest BCUT2D eigenvalue weighted by Crippen LogP contribution is -1.99. The van der Waals surface area contributed by atoms with Gasteiger partial charge in [0.15, 0.2) is 17.5 Å². The molecule has 0 fully saturated rings. The Bertz CT molecular complexity index is 461. The summed E-state index contributed by atoms with van der Waals surface area (Å²) in [5, 5.41) is 13.0. The molecule has 0 unspecified atom stereocenters. The van der Waals surface area contributed by atoms with Crippen molar-refractivity contribution in [2.24, 2.45) is 0 Å². The zero-order valence-electron chi connectivity index (χ0n) is 7.48. The van der Waals surface area contributed by atoms with E-state index >= 15 is 0 Å². The summed E-state index contributed by atoms with van der Waals surface area (Å²) in [6, 6.07) is 5.34. The average Bonchev–Trinajstić information content (AvgIpc) is 2.26. The summed E-state index contributed by atoms with van der Waals surface area (Å²) in [6.07, 6.45) is 1.40. The maximum Gasteiger partial charge on any atom is 0.182 e. The molecular formula is C9H6F2N4. The zero-order valence-corrected chi connectivity index (χ0v) is 7.48. The summed E-state index contributed by atoms with van der Waals surface area (Å²) in [5.41, 5.74) is 0.00972. The molecule has 0 aliphatic rings. The van der Waals surface area contributed by atoms with Crippen LogP contribution in [0.25, 0.3) is 0 Å². The largest absolute Gasteiger partial charge is 0.336 e. The predicted molar refractivity (Wildman–Crippen MR) is 49.5 cm³/mol. The molecule has 0 atom stereocenters. The Balaban J connectivity index is 2.29. The molecule has 2 rings (SSSR count). The van der Waals surface area contributed by atoms with Gasteiger partial charge in [0, 0.05) is 6.07 Å². The average molecular weight is 208 g/mol. The molecule has 15 heavy (non-hydrogen) atoms. The highest BCUT2D eigenvalue weighted by Crippen LogP contribution is 2.19. The second kappa shape index (κ2) is 3.95. The number of benzene rings is 1. The first-order valence-electron chi connectivity index (χ1n) is 4.13. The van der Waals surface area contributed by atoms with Crippen molar-refractivity contribution in [2.45, 2.75) is 0 Å². The lowest BCUT2D eigenvalue weighted by atomic mass is 10.3. The van der Waals surface area contributed by atoms with Crippen LogP contribution in [0.3, 0.4) is 0 Å². The monoisotopic (exact) mass is 208 g/mol. The van der Waals surface area contributed by atoms with Crippen LogP contribution < -0.4 is 5.32 Å². The molecule has 1 heterocycles. The van der Waals surface area contributed by atoms with E-state index in [1.165, 1.54) is 24.4 Å². The molecule has 2 aromatic rings. The quantitative estimate of drug-likeness (QED) is 0.818. The van der Waals surface area contributed by atoms with E-state index in [2.05, 4.69) is 20.7 Å². The molecule has 1 aromatic carbocycles. The lowest BCUT2D eigenvalue weighted by molar-refractivity contribution is 0.511. The minimum Gasteiger partial charge on any atom is -0.336 e. The molecule has 0 radical (unpaired) electrons. The van der Waals surface area contributed by atoms with E-state index in [1.54, 1.807) is 0 Å². The molecule has 0 aliphatic heterocycles. The Morgan fingerprint density at radius 1 is 1.13 bits per heavy atom. The van der Waals surface area contributed by atoms with Gasteiger partial charge in [0.05, 0.1) is 11.9 Å². The predicted octanol–water partition coefficient (Wildman–Crippen LogP) is 1.89. The lowest BCUT2D eigenvalue weighted by Gasteiger charge is -2.05. The molecule has 1 aromatic heterocycles.